The first-order valence-corrected chi connectivity index (χ1v) is 6.59. The second kappa shape index (κ2) is 7.66. The van der Waals surface area contributed by atoms with Gasteiger partial charge in [-0.15, -0.1) is 0 Å². The first-order valence-electron chi connectivity index (χ1n) is 6.59. The van der Waals surface area contributed by atoms with E-state index >= 15 is 0 Å². The Kier molecular flexibility index (Phi) is 6.91. The number of carboxylic acids is 1. The Morgan fingerprint density at radius 3 is 2.19 bits per heavy atom. The average Bonchev–Trinajstić information content (AvgIpc) is 2.23. The van der Waals surface area contributed by atoms with Gasteiger partial charge in [0, 0.05) is 19.0 Å². The summed E-state index contributed by atoms with van der Waals surface area (Å²) in [5, 5.41) is 13.7. The lowest BCUT2D eigenvalue weighted by Gasteiger charge is -2.27. The fourth-order valence-corrected chi connectivity index (χ4v) is 1.35. The largest absolute Gasteiger partial charge is 0.478 e. The van der Waals surface area contributed by atoms with Gasteiger partial charge in [0.2, 0.25) is 5.91 Å². The van der Waals surface area contributed by atoms with Crippen LogP contribution in [-0.4, -0.2) is 40.8 Å². The SMILES string of the molecule is CC(C)(CNC(=O)OC(C)(C)C)NC(=O)CC=CC(=O)O. The van der Waals surface area contributed by atoms with Crippen molar-refractivity contribution >= 4 is 18.0 Å². The summed E-state index contributed by atoms with van der Waals surface area (Å²) in [6.45, 7) is 8.94. The molecular weight excluding hydrogens is 276 g/mol. The molecule has 0 saturated carbocycles. The van der Waals surface area contributed by atoms with Crippen LogP contribution in [0.25, 0.3) is 0 Å². The number of ether oxygens (including phenoxy) is 1. The van der Waals surface area contributed by atoms with Gasteiger partial charge < -0.3 is 20.5 Å². The zero-order valence-corrected chi connectivity index (χ0v) is 13.1. The molecule has 0 aliphatic heterocycles. The summed E-state index contributed by atoms with van der Waals surface area (Å²) < 4.78 is 5.09. The van der Waals surface area contributed by atoms with Crippen LogP contribution in [0.3, 0.4) is 0 Å². The molecule has 0 aromatic rings. The number of hydrogen-bond acceptors (Lipinski definition) is 4. The topological polar surface area (TPSA) is 105 Å². The van der Waals surface area contributed by atoms with Crippen LogP contribution in [0.2, 0.25) is 0 Å². The molecule has 2 amide bonds. The second-order valence-electron chi connectivity index (χ2n) is 6.23. The summed E-state index contributed by atoms with van der Waals surface area (Å²) in [5.74, 6) is -1.43. The summed E-state index contributed by atoms with van der Waals surface area (Å²) in [6, 6.07) is 0. The highest BCUT2D eigenvalue weighted by Crippen LogP contribution is 2.07. The van der Waals surface area contributed by atoms with Crippen molar-refractivity contribution in [2.45, 2.75) is 52.2 Å². The third kappa shape index (κ3) is 11.5. The minimum Gasteiger partial charge on any atom is -0.478 e. The molecule has 0 rings (SSSR count). The molecule has 7 nitrogen and oxygen atoms in total. The van der Waals surface area contributed by atoms with Crippen LogP contribution < -0.4 is 10.6 Å². The number of carboxylic acid groups (broad SMARTS) is 1. The summed E-state index contributed by atoms with van der Waals surface area (Å²) in [5.41, 5.74) is -1.26. The van der Waals surface area contributed by atoms with Crippen molar-refractivity contribution in [1.82, 2.24) is 10.6 Å². The van der Waals surface area contributed by atoms with Crippen molar-refractivity contribution in [3.8, 4) is 0 Å². The van der Waals surface area contributed by atoms with Crippen LogP contribution in [0, 0.1) is 0 Å². The summed E-state index contributed by atoms with van der Waals surface area (Å²) in [6.07, 6.45) is 1.57. The van der Waals surface area contributed by atoms with Crippen molar-refractivity contribution < 1.29 is 24.2 Å². The maximum absolute atomic E-state index is 11.6. The number of carbonyl (C=O) groups excluding carboxylic acids is 2. The molecule has 120 valence electrons. The number of rotatable bonds is 6. The Morgan fingerprint density at radius 1 is 1.14 bits per heavy atom. The predicted molar refractivity (Wildman–Crippen MR) is 77.9 cm³/mol. The third-order valence-electron chi connectivity index (χ3n) is 2.12. The standard InChI is InChI=1S/C14H24N2O5/c1-13(2,3)21-12(20)15-9-14(4,5)16-10(17)7-6-8-11(18)19/h6,8H,7,9H2,1-5H3,(H,15,20)(H,16,17)(H,18,19). The number of alkyl carbamates (subject to hydrolysis) is 1. The fourth-order valence-electron chi connectivity index (χ4n) is 1.35. The molecule has 0 atom stereocenters. The zero-order chi connectivity index (χ0) is 16.7. The number of aliphatic carboxylic acids is 1. The van der Waals surface area contributed by atoms with Gasteiger partial charge in [-0.25, -0.2) is 9.59 Å². The maximum atomic E-state index is 11.6. The van der Waals surface area contributed by atoms with E-state index in [0.717, 1.165) is 6.08 Å². The van der Waals surface area contributed by atoms with Crippen molar-refractivity contribution in [3.05, 3.63) is 12.2 Å². The molecule has 0 unspecified atom stereocenters. The Labute approximate surface area is 124 Å². The molecule has 0 saturated heterocycles. The van der Waals surface area contributed by atoms with Gasteiger partial charge in [-0.2, -0.15) is 0 Å². The Morgan fingerprint density at radius 2 is 1.71 bits per heavy atom. The van der Waals surface area contributed by atoms with Crippen LogP contribution in [0.1, 0.15) is 41.0 Å². The van der Waals surface area contributed by atoms with E-state index in [1.807, 2.05) is 0 Å². The molecular formula is C14H24N2O5. The van der Waals surface area contributed by atoms with Gasteiger partial charge in [0.25, 0.3) is 0 Å². The number of carbonyl (C=O) groups is 3. The normalized spacial score (nSPS) is 12.0. The monoisotopic (exact) mass is 300 g/mol. The molecule has 21 heavy (non-hydrogen) atoms. The van der Waals surface area contributed by atoms with E-state index in [1.54, 1.807) is 34.6 Å². The molecule has 0 fully saturated rings. The molecule has 0 radical (unpaired) electrons. The lowest BCUT2D eigenvalue weighted by atomic mass is 10.1. The molecule has 0 aromatic heterocycles. The first-order chi connectivity index (χ1) is 9.41. The Balaban J connectivity index is 4.22. The van der Waals surface area contributed by atoms with Crippen LogP contribution in [-0.2, 0) is 14.3 Å². The summed E-state index contributed by atoms with van der Waals surface area (Å²) >= 11 is 0. The number of amides is 2. The van der Waals surface area contributed by atoms with E-state index < -0.39 is 23.2 Å². The van der Waals surface area contributed by atoms with Gasteiger partial charge in [0.15, 0.2) is 0 Å². The van der Waals surface area contributed by atoms with E-state index in [4.69, 9.17) is 9.84 Å². The Bertz CT molecular complexity index is 422. The molecule has 0 spiro atoms. The van der Waals surface area contributed by atoms with E-state index in [0.29, 0.717) is 0 Å². The van der Waals surface area contributed by atoms with E-state index in [-0.39, 0.29) is 18.9 Å². The minimum absolute atomic E-state index is 0.0395. The summed E-state index contributed by atoms with van der Waals surface area (Å²) in [7, 11) is 0. The summed E-state index contributed by atoms with van der Waals surface area (Å²) in [4.78, 5) is 33.4. The van der Waals surface area contributed by atoms with Gasteiger partial charge in [-0.05, 0) is 34.6 Å². The highest BCUT2D eigenvalue weighted by atomic mass is 16.6. The predicted octanol–water partition coefficient (Wildman–Crippen LogP) is 1.44. The van der Waals surface area contributed by atoms with Gasteiger partial charge >= 0.3 is 12.1 Å². The Hall–Kier alpha value is -2.05. The van der Waals surface area contributed by atoms with Crippen molar-refractivity contribution in [1.29, 1.82) is 0 Å². The first kappa shape index (κ1) is 18.9. The molecule has 0 bridgehead atoms. The third-order valence-corrected chi connectivity index (χ3v) is 2.12. The molecule has 0 aromatic carbocycles. The van der Waals surface area contributed by atoms with Crippen LogP contribution in [0.15, 0.2) is 12.2 Å². The minimum atomic E-state index is -1.10. The van der Waals surface area contributed by atoms with Gasteiger partial charge in [-0.3, -0.25) is 4.79 Å². The lowest BCUT2D eigenvalue weighted by molar-refractivity contribution is -0.131. The molecule has 3 N–H and O–H groups in total. The molecule has 0 heterocycles. The maximum Gasteiger partial charge on any atom is 0.407 e. The van der Waals surface area contributed by atoms with Crippen LogP contribution >= 0.6 is 0 Å². The fraction of sp³-hybridized carbons (Fsp3) is 0.643. The average molecular weight is 300 g/mol. The van der Waals surface area contributed by atoms with Gasteiger partial charge in [-0.1, -0.05) is 6.08 Å². The molecule has 0 aliphatic rings. The van der Waals surface area contributed by atoms with Crippen molar-refractivity contribution in [2.75, 3.05) is 6.54 Å². The van der Waals surface area contributed by atoms with Gasteiger partial charge in [0.1, 0.15) is 5.60 Å². The van der Waals surface area contributed by atoms with E-state index in [9.17, 15) is 14.4 Å². The second-order valence-corrected chi connectivity index (χ2v) is 6.23. The lowest BCUT2D eigenvalue weighted by Crippen LogP contribution is -2.51. The van der Waals surface area contributed by atoms with Crippen LogP contribution in [0.4, 0.5) is 4.79 Å². The highest BCUT2D eigenvalue weighted by Gasteiger charge is 2.22. The zero-order valence-electron chi connectivity index (χ0n) is 13.1. The molecule has 0 aliphatic carbocycles. The van der Waals surface area contributed by atoms with E-state index in [1.165, 1.54) is 6.08 Å². The smallest absolute Gasteiger partial charge is 0.407 e. The van der Waals surface area contributed by atoms with Crippen molar-refractivity contribution in [2.24, 2.45) is 0 Å². The number of hydrogen-bond donors (Lipinski definition) is 3. The van der Waals surface area contributed by atoms with E-state index in [2.05, 4.69) is 10.6 Å². The number of nitrogens with one attached hydrogen (secondary N) is 2. The quantitative estimate of drug-likeness (QED) is 0.644. The molecule has 7 heteroatoms. The highest BCUT2D eigenvalue weighted by molar-refractivity contribution is 5.83. The van der Waals surface area contributed by atoms with Crippen molar-refractivity contribution in [3.63, 3.8) is 0 Å². The van der Waals surface area contributed by atoms with Gasteiger partial charge in [0.05, 0.1) is 5.54 Å². The van der Waals surface area contributed by atoms with Crippen LogP contribution in [0.5, 0.6) is 0 Å².